The Morgan fingerprint density at radius 1 is 1.17 bits per heavy atom. The van der Waals surface area contributed by atoms with Crippen molar-refractivity contribution in [1.29, 1.82) is 0 Å². The lowest BCUT2D eigenvalue weighted by molar-refractivity contribution is 0.0492. The van der Waals surface area contributed by atoms with Crippen LogP contribution in [0.15, 0.2) is 0 Å². The Morgan fingerprint density at radius 2 is 1.72 bits per heavy atom. The number of urea groups is 1. The van der Waals surface area contributed by atoms with Crippen LogP contribution >= 0.6 is 0 Å². The molecule has 0 rings (SSSR count). The minimum atomic E-state index is -0.556. The molecule has 18 heavy (non-hydrogen) atoms. The highest BCUT2D eigenvalue weighted by atomic mass is 16.6. The van der Waals surface area contributed by atoms with E-state index in [1.807, 2.05) is 13.8 Å². The van der Waals surface area contributed by atoms with Crippen LogP contribution < -0.4 is 16.0 Å². The standard InChI is InChI=1S/C12H25N3O3/c1-8(2)7-9(14-10(16)13-6)15-11(17)18-12(3,4)5/h8-9H,7H2,1-6H3,(H,15,17)(H2,13,14,16)/t9-/m0/s1. The SMILES string of the molecule is CNC(=O)N[C@H](CC(C)C)NC(=O)OC(C)(C)C. The molecule has 0 saturated heterocycles. The van der Waals surface area contributed by atoms with Gasteiger partial charge >= 0.3 is 12.1 Å². The molecular formula is C12H25N3O3. The molecule has 0 heterocycles. The van der Waals surface area contributed by atoms with Crippen molar-refractivity contribution in [3.05, 3.63) is 0 Å². The molecule has 106 valence electrons. The molecule has 0 aliphatic rings. The van der Waals surface area contributed by atoms with Crippen LogP contribution in [0.2, 0.25) is 0 Å². The summed E-state index contributed by atoms with van der Waals surface area (Å²) < 4.78 is 5.14. The Hall–Kier alpha value is -1.46. The van der Waals surface area contributed by atoms with E-state index in [1.54, 1.807) is 20.8 Å². The summed E-state index contributed by atoms with van der Waals surface area (Å²) in [5.74, 6) is 0.335. The molecule has 0 aliphatic heterocycles. The van der Waals surface area contributed by atoms with Gasteiger partial charge in [0.05, 0.1) is 0 Å². The number of rotatable bonds is 4. The maximum atomic E-state index is 11.6. The zero-order valence-electron chi connectivity index (χ0n) is 12.1. The lowest BCUT2D eigenvalue weighted by atomic mass is 10.1. The predicted octanol–water partition coefficient (Wildman–Crippen LogP) is 1.81. The first-order chi connectivity index (χ1) is 8.14. The molecule has 0 aromatic rings. The largest absolute Gasteiger partial charge is 0.444 e. The number of amides is 3. The first-order valence-electron chi connectivity index (χ1n) is 6.12. The molecule has 0 radical (unpaired) electrons. The molecule has 3 amide bonds. The highest BCUT2D eigenvalue weighted by Gasteiger charge is 2.20. The Balaban J connectivity index is 4.39. The summed E-state index contributed by atoms with van der Waals surface area (Å²) in [4.78, 5) is 22.9. The first kappa shape index (κ1) is 16.5. The van der Waals surface area contributed by atoms with E-state index in [9.17, 15) is 9.59 Å². The van der Waals surface area contributed by atoms with Crippen molar-refractivity contribution in [3.63, 3.8) is 0 Å². The zero-order valence-corrected chi connectivity index (χ0v) is 12.1. The van der Waals surface area contributed by atoms with E-state index >= 15 is 0 Å². The zero-order chi connectivity index (χ0) is 14.3. The van der Waals surface area contributed by atoms with Crippen molar-refractivity contribution in [1.82, 2.24) is 16.0 Å². The second kappa shape index (κ2) is 7.08. The van der Waals surface area contributed by atoms with Gasteiger partial charge in [-0.15, -0.1) is 0 Å². The fraction of sp³-hybridized carbons (Fsp3) is 0.833. The van der Waals surface area contributed by atoms with Crippen LogP contribution in [0.4, 0.5) is 9.59 Å². The number of ether oxygens (including phenoxy) is 1. The van der Waals surface area contributed by atoms with Gasteiger partial charge in [0.1, 0.15) is 11.8 Å². The van der Waals surface area contributed by atoms with Gasteiger partial charge in [-0.2, -0.15) is 0 Å². The molecular weight excluding hydrogens is 234 g/mol. The summed E-state index contributed by atoms with van der Waals surface area (Å²) in [6, 6.07) is -0.336. The highest BCUT2D eigenvalue weighted by Crippen LogP contribution is 2.08. The van der Waals surface area contributed by atoms with Crippen LogP contribution in [0.5, 0.6) is 0 Å². The average Bonchev–Trinajstić information content (AvgIpc) is 2.12. The van der Waals surface area contributed by atoms with Crippen molar-refractivity contribution >= 4 is 12.1 Å². The third-order valence-electron chi connectivity index (χ3n) is 1.93. The third-order valence-corrected chi connectivity index (χ3v) is 1.93. The van der Waals surface area contributed by atoms with Crippen LogP contribution in [-0.4, -0.2) is 30.9 Å². The van der Waals surface area contributed by atoms with Gasteiger partial charge < -0.3 is 20.7 Å². The molecule has 0 aliphatic carbocycles. The number of hydrogen-bond acceptors (Lipinski definition) is 3. The number of nitrogens with one attached hydrogen (secondary N) is 3. The van der Waals surface area contributed by atoms with E-state index in [1.165, 1.54) is 7.05 Å². The van der Waals surface area contributed by atoms with Crippen LogP contribution in [0, 0.1) is 5.92 Å². The fourth-order valence-electron chi connectivity index (χ4n) is 1.31. The average molecular weight is 259 g/mol. The van der Waals surface area contributed by atoms with E-state index in [0.717, 1.165) is 0 Å². The monoisotopic (exact) mass is 259 g/mol. The normalized spacial score (nSPS) is 12.8. The summed E-state index contributed by atoms with van der Waals surface area (Å²) in [6.45, 7) is 9.38. The second-order valence-electron chi connectivity index (χ2n) is 5.55. The molecule has 0 unspecified atom stereocenters. The lowest BCUT2D eigenvalue weighted by Crippen LogP contribution is -2.52. The minimum absolute atomic E-state index is 0.335. The number of carbonyl (C=O) groups excluding carboxylic acids is 2. The van der Waals surface area contributed by atoms with E-state index in [2.05, 4.69) is 16.0 Å². The summed E-state index contributed by atoms with van der Waals surface area (Å²) >= 11 is 0. The van der Waals surface area contributed by atoms with Gasteiger partial charge in [0.15, 0.2) is 0 Å². The van der Waals surface area contributed by atoms with Gasteiger partial charge in [-0.1, -0.05) is 13.8 Å². The third kappa shape index (κ3) is 8.66. The fourth-order valence-corrected chi connectivity index (χ4v) is 1.31. The van der Waals surface area contributed by atoms with E-state index in [0.29, 0.717) is 12.3 Å². The van der Waals surface area contributed by atoms with Crippen LogP contribution in [0.25, 0.3) is 0 Å². The summed E-state index contributed by atoms with van der Waals surface area (Å²) in [6.07, 6.45) is -0.350. The van der Waals surface area contributed by atoms with Gasteiger partial charge in [0, 0.05) is 7.05 Å². The number of carbonyl (C=O) groups is 2. The molecule has 6 heteroatoms. The predicted molar refractivity (Wildman–Crippen MR) is 70.2 cm³/mol. The van der Waals surface area contributed by atoms with E-state index < -0.39 is 17.9 Å². The Morgan fingerprint density at radius 3 is 2.11 bits per heavy atom. The maximum absolute atomic E-state index is 11.6. The molecule has 0 spiro atoms. The summed E-state index contributed by atoms with van der Waals surface area (Å²) in [7, 11) is 1.52. The molecule has 0 bridgehead atoms. The minimum Gasteiger partial charge on any atom is -0.444 e. The molecule has 0 aromatic carbocycles. The van der Waals surface area contributed by atoms with Crippen LogP contribution in [0.1, 0.15) is 41.0 Å². The van der Waals surface area contributed by atoms with Gasteiger partial charge in [-0.05, 0) is 33.1 Å². The van der Waals surface area contributed by atoms with Crippen molar-refractivity contribution < 1.29 is 14.3 Å². The van der Waals surface area contributed by atoms with Gasteiger partial charge in [-0.25, -0.2) is 9.59 Å². The van der Waals surface area contributed by atoms with Crippen molar-refractivity contribution in [2.75, 3.05) is 7.05 Å². The van der Waals surface area contributed by atoms with Crippen molar-refractivity contribution in [2.24, 2.45) is 5.92 Å². The maximum Gasteiger partial charge on any atom is 0.409 e. The van der Waals surface area contributed by atoms with Gasteiger partial charge in [0.2, 0.25) is 0 Å². The van der Waals surface area contributed by atoms with Crippen molar-refractivity contribution in [3.8, 4) is 0 Å². The number of alkyl carbamates (subject to hydrolysis) is 1. The molecule has 6 nitrogen and oxygen atoms in total. The lowest BCUT2D eigenvalue weighted by Gasteiger charge is -2.25. The Labute approximate surface area is 109 Å². The quantitative estimate of drug-likeness (QED) is 0.674. The number of hydrogen-bond donors (Lipinski definition) is 3. The van der Waals surface area contributed by atoms with E-state index in [-0.39, 0.29) is 6.03 Å². The molecule has 0 aromatic heterocycles. The van der Waals surface area contributed by atoms with Crippen LogP contribution in [0.3, 0.4) is 0 Å². The van der Waals surface area contributed by atoms with Gasteiger partial charge in [0.25, 0.3) is 0 Å². The second-order valence-corrected chi connectivity index (χ2v) is 5.55. The van der Waals surface area contributed by atoms with Crippen LogP contribution in [-0.2, 0) is 4.74 Å². The molecule has 0 saturated carbocycles. The van der Waals surface area contributed by atoms with Gasteiger partial charge in [-0.3, -0.25) is 0 Å². The van der Waals surface area contributed by atoms with Crippen molar-refractivity contribution in [2.45, 2.75) is 52.8 Å². The Bertz CT molecular complexity index is 285. The Kier molecular flexibility index (Phi) is 6.51. The summed E-state index contributed by atoms with van der Waals surface area (Å²) in [5, 5.41) is 7.74. The molecule has 0 fully saturated rings. The molecule has 3 N–H and O–H groups in total. The first-order valence-corrected chi connectivity index (χ1v) is 6.12. The topological polar surface area (TPSA) is 79.5 Å². The molecule has 1 atom stereocenters. The highest BCUT2D eigenvalue weighted by molar-refractivity contribution is 5.75. The summed E-state index contributed by atoms with van der Waals surface area (Å²) in [5.41, 5.74) is -0.556. The smallest absolute Gasteiger partial charge is 0.409 e. The van der Waals surface area contributed by atoms with E-state index in [4.69, 9.17) is 4.74 Å².